The van der Waals surface area contributed by atoms with E-state index >= 15 is 0 Å². The van der Waals surface area contributed by atoms with E-state index in [9.17, 15) is 9.59 Å². The molecule has 0 aliphatic carbocycles. The average Bonchev–Trinajstić information content (AvgIpc) is 2.36. The highest BCUT2D eigenvalue weighted by Gasteiger charge is 2.29. The van der Waals surface area contributed by atoms with Crippen LogP contribution in [0, 0.1) is 0 Å². The van der Waals surface area contributed by atoms with Crippen molar-refractivity contribution in [2.24, 2.45) is 0 Å². The molecule has 5 heteroatoms. The summed E-state index contributed by atoms with van der Waals surface area (Å²) >= 11 is 0. The fourth-order valence-corrected chi connectivity index (χ4v) is 2.06. The zero-order chi connectivity index (χ0) is 13.0. The van der Waals surface area contributed by atoms with Crippen molar-refractivity contribution >= 4 is 11.9 Å². The maximum atomic E-state index is 12.2. The van der Waals surface area contributed by atoms with Crippen LogP contribution in [0.15, 0.2) is 0 Å². The Morgan fingerprint density at radius 2 is 1.65 bits per heavy atom. The van der Waals surface area contributed by atoms with E-state index in [1.54, 1.807) is 25.8 Å². The van der Waals surface area contributed by atoms with Crippen molar-refractivity contribution in [2.75, 3.05) is 20.1 Å². The van der Waals surface area contributed by atoms with Gasteiger partial charge in [0.15, 0.2) is 0 Å². The van der Waals surface area contributed by atoms with Crippen molar-refractivity contribution in [3.05, 3.63) is 0 Å². The molecule has 17 heavy (non-hydrogen) atoms. The first-order valence-electron chi connectivity index (χ1n) is 6.18. The van der Waals surface area contributed by atoms with Gasteiger partial charge in [0, 0.05) is 13.1 Å². The molecule has 0 bridgehead atoms. The van der Waals surface area contributed by atoms with Gasteiger partial charge in [0.25, 0.3) is 0 Å². The van der Waals surface area contributed by atoms with Gasteiger partial charge in [-0.2, -0.15) is 0 Å². The fraction of sp³-hybridized carbons (Fsp3) is 0.833. The Morgan fingerprint density at radius 1 is 1.12 bits per heavy atom. The molecule has 1 aliphatic heterocycles. The standard InChI is InChI=1S/C12H22N2O3/c1-9(13(3)10(2)12(16)17)11(15)14-7-5-4-6-8-14/h9-10H,4-8H2,1-3H3,(H,16,17). The molecule has 1 aliphatic rings. The number of piperidine rings is 1. The summed E-state index contributed by atoms with van der Waals surface area (Å²) in [6.45, 7) is 4.98. The van der Waals surface area contributed by atoms with Gasteiger partial charge in [-0.05, 0) is 40.2 Å². The SMILES string of the molecule is CC(C(=O)O)N(C)C(C)C(=O)N1CCCCC1. The molecule has 2 atom stereocenters. The average molecular weight is 242 g/mol. The highest BCUT2D eigenvalue weighted by Crippen LogP contribution is 2.13. The van der Waals surface area contributed by atoms with E-state index in [1.165, 1.54) is 6.42 Å². The van der Waals surface area contributed by atoms with Gasteiger partial charge < -0.3 is 10.0 Å². The van der Waals surface area contributed by atoms with Crippen molar-refractivity contribution in [1.82, 2.24) is 9.80 Å². The van der Waals surface area contributed by atoms with Gasteiger partial charge in [0.1, 0.15) is 6.04 Å². The fourth-order valence-electron chi connectivity index (χ4n) is 2.06. The predicted octanol–water partition coefficient (Wildman–Crippen LogP) is 0.792. The first-order chi connectivity index (χ1) is 7.95. The number of carbonyl (C=O) groups is 2. The van der Waals surface area contributed by atoms with Crippen molar-refractivity contribution in [3.63, 3.8) is 0 Å². The number of hydrogen-bond donors (Lipinski definition) is 1. The molecule has 1 fully saturated rings. The molecule has 0 saturated carbocycles. The second-order valence-corrected chi connectivity index (χ2v) is 4.74. The van der Waals surface area contributed by atoms with Crippen LogP contribution in [0.25, 0.3) is 0 Å². The molecule has 0 aromatic heterocycles. The number of carboxylic acid groups (broad SMARTS) is 1. The van der Waals surface area contributed by atoms with Crippen molar-refractivity contribution in [1.29, 1.82) is 0 Å². The van der Waals surface area contributed by atoms with Gasteiger partial charge in [0.2, 0.25) is 5.91 Å². The predicted molar refractivity (Wildman–Crippen MR) is 64.8 cm³/mol. The van der Waals surface area contributed by atoms with Crippen LogP contribution in [0.5, 0.6) is 0 Å². The van der Waals surface area contributed by atoms with Crippen LogP contribution in [-0.2, 0) is 9.59 Å². The van der Waals surface area contributed by atoms with Crippen LogP contribution < -0.4 is 0 Å². The Kier molecular flexibility index (Phi) is 4.93. The second kappa shape index (κ2) is 6.00. The lowest BCUT2D eigenvalue weighted by atomic mass is 10.1. The third kappa shape index (κ3) is 3.43. The van der Waals surface area contributed by atoms with Gasteiger partial charge in [-0.3, -0.25) is 14.5 Å². The van der Waals surface area contributed by atoms with Gasteiger partial charge >= 0.3 is 5.97 Å². The molecule has 0 spiro atoms. The Bertz CT molecular complexity index is 287. The lowest BCUT2D eigenvalue weighted by molar-refractivity contribution is -0.146. The van der Waals surface area contributed by atoms with Crippen molar-refractivity contribution in [2.45, 2.75) is 45.2 Å². The normalized spacial score (nSPS) is 20.1. The summed E-state index contributed by atoms with van der Waals surface area (Å²) in [5.41, 5.74) is 0. The minimum Gasteiger partial charge on any atom is -0.480 e. The maximum Gasteiger partial charge on any atom is 0.320 e. The molecule has 98 valence electrons. The molecule has 0 aromatic carbocycles. The number of nitrogens with zero attached hydrogens (tertiary/aromatic N) is 2. The number of carboxylic acids is 1. The van der Waals surface area contributed by atoms with Gasteiger partial charge in [0.05, 0.1) is 6.04 Å². The second-order valence-electron chi connectivity index (χ2n) is 4.74. The molecule has 0 radical (unpaired) electrons. The van der Waals surface area contributed by atoms with E-state index in [2.05, 4.69) is 0 Å². The van der Waals surface area contributed by atoms with Crippen LogP contribution in [0.3, 0.4) is 0 Å². The Labute approximate surface area is 102 Å². The molecular formula is C12H22N2O3. The van der Waals surface area contributed by atoms with E-state index in [1.807, 2.05) is 4.90 Å². The smallest absolute Gasteiger partial charge is 0.320 e. The number of likely N-dealkylation sites (N-methyl/N-ethyl adjacent to an activating group) is 1. The number of hydrogen-bond acceptors (Lipinski definition) is 3. The molecule has 2 unspecified atom stereocenters. The van der Waals surface area contributed by atoms with E-state index in [0.29, 0.717) is 0 Å². The first kappa shape index (κ1) is 14.0. The topological polar surface area (TPSA) is 60.9 Å². The molecule has 0 aromatic rings. The van der Waals surface area contributed by atoms with Gasteiger partial charge in [-0.1, -0.05) is 0 Å². The summed E-state index contributed by atoms with van der Waals surface area (Å²) in [6.07, 6.45) is 3.28. The van der Waals surface area contributed by atoms with Crippen LogP contribution in [0.4, 0.5) is 0 Å². The first-order valence-corrected chi connectivity index (χ1v) is 6.18. The number of likely N-dealkylation sites (tertiary alicyclic amines) is 1. The highest BCUT2D eigenvalue weighted by molar-refractivity contribution is 5.82. The lowest BCUT2D eigenvalue weighted by Gasteiger charge is -2.34. The third-order valence-corrected chi connectivity index (χ3v) is 3.60. The Morgan fingerprint density at radius 3 is 2.12 bits per heavy atom. The number of rotatable bonds is 4. The summed E-state index contributed by atoms with van der Waals surface area (Å²) in [5, 5.41) is 8.93. The van der Waals surface area contributed by atoms with E-state index < -0.39 is 12.0 Å². The van der Waals surface area contributed by atoms with Crippen LogP contribution in [-0.4, -0.2) is 59.0 Å². The lowest BCUT2D eigenvalue weighted by Crippen LogP contribution is -2.51. The molecule has 1 saturated heterocycles. The zero-order valence-corrected chi connectivity index (χ0v) is 10.8. The molecular weight excluding hydrogens is 220 g/mol. The van der Waals surface area contributed by atoms with Crippen LogP contribution in [0.2, 0.25) is 0 Å². The summed E-state index contributed by atoms with van der Waals surface area (Å²) in [5.74, 6) is -0.855. The molecule has 1 rings (SSSR count). The highest BCUT2D eigenvalue weighted by atomic mass is 16.4. The summed E-state index contributed by atoms with van der Waals surface area (Å²) in [6, 6.07) is -1.02. The zero-order valence-electron chi connectivity index (χ0n) is 10.8. The summed E-state index contributed by atoms with van der Waals surface area (Å²) in [7, 11) is 1.69. The van der Waals surface area contributed by atoms with Crippen molar-refractivity contribution < 1.29 is 14.7 Å². The van der Waals surface area contributed by atoms with Crippen LogP contribution >= 0.6 is 0 Å². The Balaban J connectivity index is 2.58. The molecule has 1 heterocycles. The minimum absolute atomic E-state index is 0.0419. The molecule has 1 amide bonds. The summed E-state index contributed by atoms with van der Waals surface area (Å²) in [4.78, 5) is 26.5. The number of aliphatic carboxylic acids is 1. The largest absolute Gasteiger partial charge is 0.480 e. The van der Waals surface area contributed by atoms with Gasteiger partial charge in [-0.15, -0.1) is 0 Å². The van der Waals surface area contributed by atoms with E-state index in [4.69, 9.17) is 5.11 Å². The van der Waals surface area contributed by atoms with Crippen molar-refractivity contribution in [3.8, 4) is 0 Å². The van der Waals surface area contributed by atoms with E-state index in [-0.39, 0.29) is 11.9 Å². The monoisotopic (exact) mass is 242 g/mol. The summed E-state index contributed by atoms with van der Waals surface area (Å²) < 4.78 is 0. The third-order valence-electron chi connectivity index (χ3n) is 3.60. The number of amides is 1. The van der Waals surface area contributed by atoms with E-state index in [0.717, 1.165) is 25.9 Å². The quantitative estimate of drug-likeness (QED) is 0.792. The molecule has 1 N–H and O–H groups in total. The van der Waals surface area contributed by atoms with Crippen LogP contribution in [0.1, 0.15) is 33.1 Å². The Hall–Kier alpha value is -1.10. The number of carbonyl (C=O) groups excluding carboxylic acids is 1. The maximum absolute atomic E-state index is 12.2. The minimum atomic E-state index is -0.897. The molecule has 5 nitrogen and oxygen atoms in total. The van der Waals surface area contributed by atoms with Gasteiger partial charge in [-0.25, -0.2) is 0 Å².